The van der Waals surface area contributed by atoms with Crippen LogP contribution >= 0.6 is 0 Å². The number of rotatable bonds is 7. The van der Waals surface area contributed by atoms with E-state index in [2.05, 4.69) is 35.2 Å². The Balaban J connectivity index is 1.70. The fourth-order valence-corrected chi connectivity index (χ4v) is 2.55. The minimum atomic E-state index is 0.373. The molecule has 1 aliphatic rings. The van der Waals surface area contributed by atoms with E-state index >= 15 is 0 Å². The monoisotopic (exact) mass is 263 g/mol. The lowest BCUT2D eigenvalue weighted by molar-refractivity contribution is 0.0268. The van der Waals surface area contributed by atoms with Crippen LogP contribution in [0.25, 0.3) is 0 Å². The Morgan fingerprint density at radius 1 is 1.37 bits per heavy atom. The lowest BCUT2D eigenvalue weighted by atomic mass is 10.2. The van der Waals surface area contributed by atoms with Crippen molar-refractivity contribution < 1.29 is 4.74 Å². The average Bonchev–Trinajstić information content (AvgIpc) is 2.85. The average molecular weight is 263 g/mol. The summed E-state index contributed by atoms with van der Waals surface area (Å²) in [6, 6.07) is 6.06. The summed E-state index contributed by atoms with van der Waals surface area (Å²) in [7, 11) is 2.13. The van der Waals surface area contributed by atoms with Gasteiger partial charge in [0.1, 0.15) is 0 Å². The second-order valence-electron chi connectivity index (χ2n) is 5.28. The summed E-state index contributed by atoms with van der Waals surface area (Å²) >= 11 is 0. The van der Waals surface area contributed by atoms with E-state index in [4.69, 9.17) is 4.74 Å². The fourth-order valence-electron chi connectivity index (χ4n) is 2.55. The summed E-state index contributed by atoms with van der Waals surface area (Å²) in [6.07, 6.45) is 4.96. The van der Waals surface area contributed by atoms with Gasteiger partial charge in [-0.3, -0.25) is 9.88 Å². The van der Waals surface area contributed by atoms with Crippen LogP contribution in [0, 0.1) is 0 Å². The second kappa shape index (κ2) is 7.58. The number of nitrogens with zero attached hydrogens (tertiary/aromatic N) is 2. The predicted molar refractivity (Wildman–Crippen MR) is 77.0 cm³/mol. The van der Waals surface area contributed by atoms with Crippen LogP contribution in [-0.4, -0.2) is 48.8 Å². The number of likely N-dealkylation sites (N-methyl/N-ethyl adjacent to an activating group) is 2. The van der Waals surface area contributed by atoms with Gasteiger partial charge in [0.25, 0.3) is 0 Å². The van der Waals surface area contributed by atoms with Gasteiger partial charge in [0, 0.05) is 25.8 Å². The first kappa shape index (κ1) is 14.4. The van der Waals surface area contributed by atoms with Gasteiger partial charge in [0.15, 0.2) is 0 Å². The lowest BCUT2D eigenvalue weighted by Gasteiger charge is -2.21. The van der Waals surface area contributed by atoms with Gasteiger partial charge in [-0.1, -0.05) is 13.0 Å². The zero-order valence-electron chi connectivity index (χ0n) is 12.0. The smallest absolute Gasteiger partial charge is 0.0707 e. The molecule has 2 unspecified atom stereocenters. The van der Waals surface area contributed by atoms with Crippen LogP contribution in [0.15, 0.2) is 24.4 Å². The minimum absolute atomic E-state index is 0.373. The number of pyridine rings is 1. The topological polar surface area (TPSA) is 37.4 Å². The SMILES string of the molecule is CCNCC1CCC(CN(C)Cc2ccccn2)O1. The van der Waals surface area contributed by atoms with Gasteiger partial charge in [-0.15, -0.1) is 0 Å². The largest absolute Gasteiger partial charge is 0.372 e. The molecule has 4 heteroatoms. The molecule has 4 nitrogen and oxygen atoms in total. The number of hydrogen-bond donors (Lipinski definition) is 1. The summed E-state index contributed by atoms with van der Waals surface area (Å²) in [4.78, 5) is 6.65. The molecule has 1 N–H and O–H groups in total. The molecule has 1 aliphatic heterocycles. The van der Waals surface area contributed by atoms with Crippen molar-refractivity contribution in [3.63, 3.8) is 0 Å². The third-order valence-corrected chi connectivity index (χ3v) is 3.49. The molecule has 2 heterocycles. The second-order valence-corrected chi connectivity index (χ2v) is 5.28. The normalized spacial score (nSPS) is 23.1. The van der Waals surface area contributed by atoms with E-state index in [1.807, 2.05) is 18.3 Å². The van der Waals surface area contributed by atoms with Crippen molar-refractivity contribution in [2.45, 2.75) is 38.5 Å². The Hall–Kier alpha value is -0.970. The standard InChI is InChI=1S/C15H25N3O/c1-3-16-10-14-7-8-15(19-14)12-18(2)11-13-6-4-5-9-17-13/h4-6,9,14-16H,3,7-8,10-12H2,1-2H3. The van der Waals surface area contributed by atoms with E-state index < -0.39 is 0 Å². The van der Waals surface area contributed by atoms with Gasteiger partial charge in [-0.25, -0.2) is 0 Å². The zero-order chi connectivity index (χ0) is 13.5. The Kier molecular flexibility index (Phi) is 5.76. The molecule has 1 aromatic rings. The Bertz CT molecular complexity index is 358. The van der Waals surface area contributed by atoms with Crippen molar-refractivity contribution in [1.29, 1.82) is 0 Å². The molecule has 0 spiro atoms. The molecule has 0 aromatic carbocycles. The number of hydrogen-bond acceptors (Lipinski definition) is 4. The van der Waals surface area contributed by atoms with Gasteiger partial charge in [-0.05, 0) is 38.6 Å². The molecule has 0 amide bonds. The summed E-state index contributed by atoms with van der Waals surface area (Å²) in [5.74, 6) is 0. The first-order valence-corrected chi connectivity index (χ1v) is 7.22. The van der Waals surface area contributed by atoms with E-state index in [9.17, 15) is 0 Å². The molecular formula is C15H25N3O. The summed E-state index contributed by atoms with van der Waals surface area (Å²) < 4.78 is 6.05. The van der Waals surface area contributed by atoms with Gasteiger partial charge in [0.2, 0.25) is 0 Å². The van der Waals surface area contributed by atoms with E-state index in [0.717, 1.165) is 31.9 Å². The molecule has 106 valence electrons. The number of ether oxygens (including phenoxy) is 1. The van der Waals surface area contributed by atoms with Crippen molar-refractivity contribution >= 4 is 0 Å². The van der Waals surface area contributed by atoms with Crippen LogP contribution in [0.2, 0.25) is 0 Å². The van der Waals surface area contributed by atoms with Crippen LogP contribution < -0.4 is 5.32 Å². The predicted octanol–water partition coefficient (Wildman–Crippen LogP) is 1.67. The van der Waals surface area contributed by atoms with Crippen molar-refractivity contribution in [3.05, 3.63) is 30.1 Å². The molecule has 0 aliphatic carbocycles. The van der Waals surface area contributed by atoms with Crippen LogP contribution in [0.1, 0.15) is 25.5 Å². The van der Waals surface area contributed by atoms with Crippen molar-refractivity contribution in [2.24, 2.45) is 0 Å². The lowest BCUT2D eigenvalue weighted by Crippen LogP contribution is -2.31. The minimum Gasteiger partial charge on any atom is -0.372 e. The molecule has 0 radical (unpaired) electrons. The molecule has 19 heavy (non-hydrogen) atoms. The summed E-state index contributed by atoms with van der Waals surface area (Å²) in [5, 5.41) is 3.36. The zero-order valence-corrected chi connectivity index (χ0v) is 12.0. The molecule has 1 fully saturated rings. The first-order valence-electron chi connectivity index (χ1n) is 7.22. The molecular weight excluding hydrogens is 238 g/mol. The maximum absolute atomic E-state index is 6.05. The molecule has 1 saturated heterocycles. The van der Waals surface area contributed by atoms with Crippen LogP contribution in [0.3, 0.4) is 0 Å². The van der Waals surface area contributed by atoms with Crippen LogP contribution in [0.5, 0.6) is 0 Å². The van der Waals surface area contributed by atoms with Crippen molar-refractivity contribution in [1.82, 2.24) is 15.2 Å². The van der Waals surface area contributed by atoms with Crippen molar-refractivity contribution in [2.75, 3.05) is 26.7 Å². The quantitative estimate of drug-likeness (QED) is 0.812. The third kappa shape index (κ3) is 4.90. The number of aromatic nitrogens is 1. The fraction of sp³-hybridized carbons (Fsp3) is 0.667. The highest BCUT2D eigenvalue weighted by molar-refractivity contribution is 5.03. The van der Waals surface area contributed by atoms with E-state index in [0.29, 0.717) is 12.2 Å². The van der Waals surface area contributed by atoms with Gasteiger partial charge < -0.3 is 10.1 Å². The Labute approximate surface area is 116 Å². The van der Waals surface area contributed by atoms with E-state index in [-0.39, 0.29) is 0 Å². The third-order valence-electron chi connectivity index (χ3n) is 3.49. The molecule has 2 rings (SSSR count). The summed E-state index contributed by atoms with van der Waals surface area (Å²) in [6.45, 7) is 6.01. The number of nitrogens with one attached hydrogen (secondary N) is 1. The highest BCUT2D eigenvalue weighted by Gasteiger charge is 2.25. The van der Waals surface area contributed by atoms with Crippen LogP contribution in [-0.2, 0) is 11.3 Å². The molecule has 1 aromatic heterocycles. The maximum atomic E-state index is 6.05. The highest BCUT2D eigenvalue weighted by atomic mass is 16.5. The molecule has 0 saturated carbocycles. The first-order chi connectivity index (χ1) is 9.28. The summed E-state index contributed by atoms with van der Waals surface area (Å²) in [5.41, 5.74) is 1.12. The van der Waals surface area contributed by atoms with Gasteiger partial charge in [0.05, 0.1) is 17.9 Å². The van der Waals surface area contributed by atoms with Crippen molar-refractivity contribution in [3.8, 4) is 0 Å². The molecule has 0 bridgehead atoms. The van der Waals surface area contributed by atoms with E-state index in [1.165, 1.54) is 12.8 Å². The Morgan fingerprint density at radius 2 is 2.21 bits per heavy atom. The maximum Gasteiger partial charge on any atom is 0.0707 e. The highest BCUT2D eigenvalue weighted by Crippen LogP contribution is 2.20. The van der Waals surface area contributed by atoms with E-state index in [1.54, 1.807) is 0 Å². The molecule has 2 atom stereocenters. The van der Waals surface area contributed by atoms with Gasteiger partial charge in [-0.2, -0.15) is 0 Å². The van der Waals surface area contributed by atoms with Crippen LogP contribution in [0.4, 0.5) is 0 Å². The Morgan fingerprint density at radius 3 is 2.95 bits per heavy atom. The van der Waals surface area contributed by atoms with Gasteiger partial charge >= 0.3 is 0 Å².